The number of hydrogen-bond donors (Lipinski definition) is 0. The van der Waals surface area contributed by atoms with E-state index in [0.29, 0.717) is 21.2 Å². The molecule has 188 valence electrons. The number of esters is 1. The van der Waals surface area contributed by atoms with E-state index in [-0.39, 0.29) is 28.5 Å². The van der Waals surface area contributed by atoms with Crippen molar-refractivity contribution in [1.29, 1.82) is 0 Å². The lowest BCUT2D eigenvalue weighted by molar-refractivity contribution is -0.386. The van der Waals surface area contributed by atoms with Crippen molar-refractivity contribution in [2.75, 3.05) is 7.11 Å². The third-order valence-corrected chi connectivity index (χ3v) is 6.61. The van der Waals surface area contributed by atoms with Gasteiger partial charge in [0.2, 0.25) is 5.75 Å². The Hall–Kier alpha value is -3.60. The van der Waals surface area contributed by atoms with Crippen LogP contribution in [0.25, 0.3) is 10.9 Å². The van der Waals surface area contributed by atoms with E-state index >= 15 is 0 Å². The average Bonchev–Trinajstić information content (AvgIpc) is 2.88. The number of hydrogen-bond acceptors (Lipinski definition) is 8. The summed E-state index contributed by atoms with van der Waals surface area (Å²) in [7, 11) is 1.20. The van der Waals surface area contributed by atoms with Gasteiger partial charge in [0.05, 0.1) is 29.2 Å². The Bertz CT molecular complexity index is 1400. The first kappa shape index (κ1) is 25.5. The Balaban J connectivity index is 1.86. The molecule has 0 N–H and O–H groups in total. The molecule has 11 heteroatoms. The number of benzene rings is 2. The van der Waals surface area contributed by atoms with E-state index in [0.717, 1.165) is 32.1 Å². The number of fused-ring (bicyclic) bond motifs is 1. The highest BCUT2D eigenvalue weighted by molar-refractivity contribution is 9.10. The van der Waals surface area contributed by atoms with Crippen molar-refractivity contribution in [3.05, 3.63) is 72.7 Å². The van der Waals surface area contributed by atoms with Crippen LogP contribution in [0.3, 0.4) is 0 Å². The van der Waals surface area contributed by atoms with Crippen molar-refractivity contribution in [1.82, 2.24) is 9.66 Å². The first-order chi connectivity index (χ1) is 17.3. The van der Waals surface area contributed by atoms with Crippen LogP contribution in [0, 0.1) is 10.1 Å². The van der Waals surface area contributed by atoms with Crippen LogP contribution < -0.4 is 10.3 Å². The van der Waals surface area contributed by atoms with Crippen LogP contribution in [-0.2, 0) is 9.53 Å². The van der Waals surface area contributed by atoms with Crippen molar-refractivity contribution in [3.63, 3.8) is 0 Å². The highest BCUT2D eigenvalue weighted by Gasteiger charge is 2.26. The zero-order chi connectivity index (χ0) is 25.8. The molecule has 10 nitrogen and oxygen atoms in total. The first-order valence-corrected chi connectivity index (χ1v) is 12.4. The molecule has 2 aromatic carbocycles. The minimum atomic E-state index is -1.11. The molecule has 0 amide bonds. The van der Waals surface area contributed by atoms with Crippen molar-refractivity contribution >= 4 is 44.7 Å². The Morgan fingerprint density at radius 3 is 2.69 bits per heavy atom. The monoisotopic (exact) mass is 556 g/mol. The topological polar surface area (TPSA) is 126 Å². The zero-order valence-electron chi connectivity index (χ0n) is 19.8. The lowest BCUT2D eigenvalue weighted by Gasteiger charge is -2.22. The standard InChI is InChI=1S/C25H25BrN4O6/c1-15(25(32)35-2)36-22-17(12-18(26)13-21(22)30(33)34)14-27-29-23(16-8-4-3-5-9-16)28-20-11-7-6-10-19(20)24(29)31/h6-7,10-16H,3-5,8-9H2,1-2H3/t15-/m1/s1. The predicted molar refractivity (Wildman–Crippen MR) is 138 cm³/mol. The van der Waals surface area contributed by atoms with E-state index in [4.69, 9.17) is 9.72 Å². The van der Waals surface area contributed by atoms with E-state index in [1.165, 1.54) is 31.0 Å². The summed E-state index contributed by atoms with van der Waals surface area (Å²) in [6, 6.07) is 9.92. The Morgan fingerprint density at radius 1 is 1.28 bits per heavy atom. The fraction of sp³-hybridized carbons (Fsp3) is 0.360. The highest BCUT2D eigenvalue weighted by atomic mass is 79.9. The first-order valence-electron chi connectivity index (χ1n) is 11.6. The predicted octanol–water partition coefficient (Wildman–Crippen LogP) is 4.94. The molecular weight excluding hydrogens is 532 g/mol. The molecule has 0 radical (unpaired) electrons. The maximum Gasteiger partial charge on any atom is 0.346 e. The summed E-state index contributed by atoms with van der Waals surface area (Å²) in [5.41, 5.74) is 0.121. The molecule has 0 spiro atoms. The molecule has 0 saturated heterocycles. The van der Waals surface area contributed by atoms with E-state index < -0.39 is 17.0 Å². The number of carbonyl (C=O) groups is 1. The van der Waals surface area contributed by atoms with Crippen LogP contribution in [0.5, 0.6) is 5.75 Å². The quantitative estimate of drug-likeness (QED) is 0.174. The van der Waals surface area contributed by atoms with Gasteiger partial charge in [-0.3, -0.25) is 14.9 Å². The van der Waals surface area contributed by atoms with Crippen LogP contribution in [-0.4, -0.2) is 40.0 Å². The van der Waals surface area contributed by atoms with E-state index in [9.17, 15) is 19.7 Å². The van der Waals surface area contributed by atoms with Crippen molar-refractivity contribution in [3.8, 4) is 5.75 Å². The zero-order valence-corrected chi connectivity index (χ0v) is 21.4. The number of halogens is 1. The SMILES string of the molecule is COC(=O)[C@@H](C)Oc1c(C=Nn2c(C3CCCCC3)nc3ccccc3c2=O)cc(Br)cc1[N+](=O)[O-]. The van der Waals surface area contributed by atoms with Crippen LogP contribution in [0.4, 0.5) is 5.69 Å². The molecule has 1 aromatic heterocycles. The fourth-order valence-corrected chi connectivity index (χ4v) is 4.81. The Morgan fingerprint density at radius 2 is 2.00 bits per heavy atom. The number of rotatable bonds is 7. The number of aromatic nitrogens is 2. The summed E-state index contributed by atoms with van der Waals surface area (Å²) in [6.07, 6.45) is 5.22. The van der Waals surface area contributed by atoms with Gasteiger partial charge in [-0.2, -0.15) is 9.78 Å². The van der Waals surface area contributed by atoms with Gasteiger partial charge in [-0.1, -0.05) is 47.3 Å². The van der Waals surface area contributed by atoms with E-state index in [1.807, 2.05) is 6.07 Å². The number of carbonyl (C=O) groups excluding carboxylic acids is 1. The fourth-order valence-electron chi connectivity index (χ4n) is 4.35. The third kappa shape index (κ3) is 5.30. The number of methoxy groups -OCH3 is 1. The molecule has 0 aliphatic heterocycles. The van der Waals surface area contributed by atoms with Gasteiger partial charge in [0, 0.05) is 22.0 Å². The van der Waals surface area contributed by atoms with Gasteiger partial charge in [-0.05, 0) is 38.0 Å². The maximum absolute atomic E-state index is 13.4. The Labute approximate surface area is 215 Å². The number of ether oxygens (including phenoxy) is 2. The number of nitrogens with zero attached hydrogens (tertiary/aromatic N) is 4. The minimum absolute atomic E-state index is 0.0696. The summed E-state index contributed by atoms with van der Waals surface area (Å²) in [5.74, 6) is -0.222. The van der Waals surface area contributed by atoms with Crippen molar-refractivity contribution in [2.45, 2.75) is 51.0 Å². The highest BCUT2D eigenvalue weighted by Crippen LogP contribution is 2.35. The van der Waals surface area contributed by atoms with Gasteiger partial charge < -0.3 is 9.47 Å². The number of nitro groups is 1. The molecular formula is C25H25BrN4O6. The summed E-state index contributed by atoms with van der Waals surface area (Å²) in [5, 5.41) is 16.6. The normalized spacial score (nSPS) is 15.2. The molecule has 1 atom stereocenters. The lowest BCUT2D eigenvalue weighted by Crippen LogP contribution is -2.26. The van der Waals surface area contributed by atoms with Crippen LogP contribution in [0.2, 0.25) is 0 Å². The van der Waals surface area contributed by atoms with E-state index in [2.05, 4.69) is 25.8 Å². The van der Waals surface area contributed by atoms with Gasteiger partial charge in [0.15, 0.2) is 6.10 Å². The summed E-state index contributed by atoms with van der Waals surface area (Å²) in [6.45, 7) is 1.43. The van der Waals surface area contributed by atoms with Crippen molar-refractivity contribution < 1.29 is 19.2 Å². The molecule has 1 fully saturated rings. The smallest absolute Gasteiger partial charge is 0.346 e. The van der Waals surface area contributed by atoms with E-state index in [1.54, 1.807) is 24.3 Å². The average molecular weight is 557 g/mol. The molecule has 1 heterocycles. The minimum Gasteiger partial charge on any atom is -0.471 e. The molecule has 0 bridgehead atoms. The van der Waals surface area contributed by atoms with Gasteiger partial charge in [0.25, 0.3) is 5.56 Å². The van der Waals surface area contributed by atoms with Crippen molar-refractivity contribution in [2.24, 2.45) is 5.10 Å². The van der Waals surface area contributed by atoms with Gasteiger partial charge >= 0.3 is 11.7 Å². The molecule has 36 heavy (non-hydrogen) atoms. The van der Waals surface area contributed by atoms with Gasteiger partial charge in [-0.15, -0.1) is 0 Å². The number of para-hydroxylation sites is 1. The maximum atomic E-state index is 13.4. The molecule has 0 unspecified atom stereocenters. The molecule has 1 saturated carbocycles. The summed E-state index contributed by atoms with van der Waals surface area (Å²) >= 11 is 3.28. The van der Waals surface area contributed by atoms with Gasteiger partial charge in [0.1, 0.15) is 5.82 Å². The van der Waals surface area contributed by atoms with Crippen LogP contribution in [0.1, 0.15) is 56.3 Å². The molecule has 3 aromatic rings. The molecule has 1 aliphatic rings. The largest absolute Gasteiger partial charge is 0.471 e. The van der Waals surface area contributed by atoms with Crippen LogP contribution >= 0.6 is 15.9 Å². The number of nitro benzene ring substituents is 1. The second-order valence-corrected chi connectivity index (χ2v) is 9.48. The Kier molecular flexibility index (Phi) is 7.78. The molecule has 4 rings (SSSR count). The second-order valence-electron chi connectivity index (χ2n) is 8.57. The summed E-state index contributed by atoms with van der Waals surface area (Å²) in [4.78, 5) is 41.3. The molecule has 1 aliphatic carbocycles. The lowest BCUT2D eigenvalue weighted by atomic mass is 9.88. The second kappa shape index (κ2) is 11.0. The van der Waals surface area contributed by atoms with Crippen LogP contribution in [0.15, 0.2) is 50.8 Å². The van der Waals surface area contributed by atoms with Gasteiger partial charge in [-0.25, -0.2) is 9.78 Å². The summed E-state index contributed by atoms with van der Waals surface area (Å²) < 4.78 is 12.0. The third-order valence-electron chi connectivity index (χ3n) is 6.15.